The van der Waals surface area contributed by atoms with Gasteiger partial charge in [0, 0.05) is 0 Å². The van der Waals surface area contributed by atoms with E-state index in [0.717, 1.165) is 0 Å². The predicted molar refractivity (Wildman–Crippen MR) is 78.6 cm³/mol. The summed E-state index contributed by atoms with van der Waals surface area (Å²) in [5, 5.41) is -5.82. The molecule has 28 heavy (non-hydrogen) atoms. The highest BCUT2D eigenvalue weighted by Crippen LogP contribution is 2.40. The number of carbonyl (C=O) groups excluding carboxylic acids is 2. The van der Waals surface area contributed by atoms with Gasteiger partial charge in [-0.1, -0.05) is 12.8 Å². The first-order chi connectivity index (χ1) is 12.7. The zero-order valence-corrected chi connectivity index (χ0v) is 15.0. The third-order valence-corrected chi connectivity index (χ3v) is 5.27. The summed E-state index contributed by atoms with van der Waals surface area (Å²) >= 11 is 0. The van der Waals surface area contributed by atoms with E-state index in [0.29, 0.717) is 19.4 Å². The van der Waals surface area contributed by atoms with Crippen LogP contribution < -0.4 is 0 Å². The van der Waals surface area contributed by atoms with Gasteiger partial charge < -0.3 is 14.2 Å². The van der Waals surface area contributed by atoms with E-state index in [1.54, 1.807) is 0 Å². The molecule has 0 radical (unpaired) electrons. The van der Waals surface area contributed by atoms with Crippen LogP contribution in [0.3, 0.4) is 0 Å². The smallest absolute Gasteiger partial charge is 0.432 e. The Morgan fingerprint density at radius 3 is 2.00 bits per heavy atom. The highest BCUT2D eigenvalue weighted by Gasteiger charge is 2.66. The molecule has 1 saturated heterocycles. The standard InChI is InChI=1S/C14H17F5O8S/c15-13(16,17)12(14(18,19)28(22,23)24)27-11(21)9-4-2-1-3-8(9)10(20)26-6-7-5-25-7/h7-9,12H,1-6H2,(H,22,23,24). The Hall–Kier alpha value is -1.54. The molecule has 2 rings (SSSR count). The summed E-state index contributed by atoms with van der Waals surface area (Å²) in [7, 11) is -6.54. The summed E-state index contributed by atoms with van der Waals surface area (Å²) in [5.74, 6) is -5.49. The quantitative estimate of drug-likeness (QED) is 0.275. The van der Waals surface area contributed by atoms with Crippen LogP contribution in [0.4, 0.5) is 22.0 Å². The lowest BCUT2D eigenvalue weighted by molar-refractivity contribution is -0.261. The molecule has 4 atom stereocenters. The van der Waals surface area contributed by atoms with Crippen molar-refractivity contribution < 1.29 is 58.7 Å². The van der Waals surface area contributed by atoms with Gasteiger partial charge in [0.2, 0.25) is 0 Å². The Kier molecular flexibility index (Phi) is 6.55. The summed E-state index contributed by atoms with van der Waals surface area (Å²) in [5.41, 5.74) is 0. The molecular weight excluding hydrogens is 423 g/mol. The first kappa shape index (κ1) is 22.7. The van der Waals surface area contributed by atoms with Gasteiger partial charge in [-0.2, -0.15) is 30.4 Å². The number of alkyl halides is 5. The molecule has 1 aliphatic carbocycles. The number of epoxide rings is 1. The summed E-state index contributed by atoms with van der Waals surface area (Å²) in [6.07, 6.45) is -10.1. The second-order valence-corrected chi connectivity index (χ2v) is 7.97. The number of carbonyl (C=O) groups is 2. The van der Waals surface area contributed by atoms with Crippen molar-refractivity contribution in [1.29, 1.82) is 0 Å². The van der Waals surface area contributed by atoms with Gasteiger partial charge in [0.05, 0.1) is 18.4 Å². The Morgan fingerprint density at radius 2 is 1.57 bits per heavy atom. The Morgan fingerprint density at radius 1 is 1.07 bits per heavy atom. The summed E-state index contributed by atoms with van der Waals surface area (Å²) in [6, 6.07) is 0. The molecule has 0 aromatic heterocycles. The molecule has 14 heteroatoms. The number of hydrogen-bond donors (Lipinski definition) is 1. The van der Waals surface area contributed by atoms with Crippen molar-refractivity contribution in [3.63, 3.8) is 0 Å². The van der Waals surface area contributed by atoms with Crippen molar-refractivity contribution in [1.82, 2.24) is 0 Å². The second-order valence-electron chi connectivity index (χ2n) is 6.48. The topological polar surface area (TPSA) is 119 Å². The molecule has 0 aromatic carbocycles. The van der Waals surface area contributed by atoms with Crippen LogP contribution in [0.25, 0.3) is 0 Å². The summed E-state index contributed by atoms with van der Waals surface area (Å²) < 4.78 is 109. The molecule has 0 aromatic rings. The molecule has 0 amide bonds. The molecule has 1 N–H and O–H groups in total. The molecule has 1 aliphatic heterocycles. The van der Waals surface area contributed by atoms with Gasteiger partial charge in [-0.15, -0.1) is 0 Å². The van der Waals surface area contributed by atoms with Gasteiger partial charge in [0.25, 0.3) is 6.10 Å². The molecule has 1 saturated carbocycles. The fourth-order valence-corrected chi connectivity index (χ4v) is 3.26. The van der Waals surface area contributed by atoms with Crippen molar-refractivity contribution in [3.8, 4) is 0 Å². The monoisotopic (exact) mass is 440 g/mol. The maximum Gasteiger partial charge on any atom is 0.432 e. The Bertz CT molecular complexity index is 703. The van der Waals surface area contributed by atoms with Crippen LogP contribution >= 0.6 is 0 Å². The highest BCUT2D eigenvalue weighted by atomic mass is 32.2. The van der Waals surface area contributed by atoms with E-state index in [1.165, 1.54) is 0 Å². The maximum absolute atomic E-state index is 13.6. The van der Waals surface area contributed by atoms with Gasteiger partial charge >= 0.3 is 33.5 Å². The van der Waals surface area contributed by atoms with Crippen LogP contribution in [0.2, 0.25) is 0 Å². The molecular formula is C14H17F5O8S. The second kappa shape index (κ2) is 8.06. The minimum absolute atomic E-state index is 0.0511. The minimum Gasteiger partial charge on any atom is -0.463 e. The minimum atomic E-state index is -6.54. The van der Waals surface area contributed by atoms with E-state index in [2.05, 4.69) is 4.74 Å². The van der Waals surface area contributed by atoms with E-state index in [4.69, 9.17) is 14.0 Å². The molecule has 8 nitrogen and oxygen atoms in total. The molecule has 162 valence electrons. The van der Waals surface area contributed by atoms with Crippen molar-refractivity contribution in [2.24, 2.45) is 11.8 Å². The van der Waals surface area contributed by atoms with E-state index < -0.39 is 51.4 Å². The fraction of sp³-hybridized carbons (Fsp3) is 0.857. The molecule has 0 spiro atoms. The molecule has 2 aliphatic rings. The van der Waals surface area contributed by atoms with Crippen molar-refractivity contribution in [2.75, 3.05) is 13.2 Å². The van der Waals surface area contributed by atoms with Crippen molar-refractivity contribution in [2.45, 2.75) is 49.3 Å². The lowest BCUT2D eigenvalue weighted by Crippen LogP contribution is -2.53. The van der Waals surface area contributed by atoms with E-state index in [-0.39, 0.29) is 25.6 Å². The van der Waals surface area contributed by atoms with Crippen LogP contribution in [0.5, 0.6) is 0 Å². The third kappa shape index (κ3) is 5.29. The van der Waals surface area contributed by atoms with Gasteiger partial charge in [-0.3, -0.25) is 14.1 Å². The van der Waals surface area contributed by atoms with Crippen molar-refractivity contribution in [3.05, 3.63) is 0 Å². The first-order valence-electron chi connectivity index (χ1n) is 8.15. The highest BCUT2D eigenvalue weighted by molar-refractivity contribution is 7.86. The average molecular weight is 440 g/mol. The predicted octanol–water partition coefficient (Wildman–Crippen LogP) is 1.69. The van der Waals surface area contributed by atoms with Crippen molar-refractivity contribution >= 4 is 22.1 Å². The zero-order valence-electron chi connectivity index (χ0n) is 14.2. The first-order valence-corrected chi connectivity index (χ1v) is 9.59. The summed E-state index contributed by atoms with van der Waals surface area (Å²) in [6.45, 7) is 0.241. The molecule has 0 bridgehead atoms. The van der Waals surface area contributed by atoms with Crippen LogP contribution in [0.1, 0.15) is 25.7 Å². The third-order valence-electron chi connectivity index (χ3n) is 4.37. The van der Waals surface area contributed by atoms with Crippen LogP contribution in [0.15, 0.2) is 0 Å². The Balaban J connectivity index is 2.16. The molecule has 4 unspecified atom stereocenters. The average Bonchev–Trinajstić information content (AvgIpc) is 3.39. The van der Waals surface area contributed by atoms with Crippen LogP contribution in [-0.4, -0.2) is 61.8 Å². The summed E-state index contributed by atoms with van der Waals surface area (Å²) in [4.78, 5) is 24.2. The molecule has 1 heterocycles. The van der Waals surface area contributed by atoms with Crippen LogP contribution in [0, 0.1) is 11.8 Å². The lowest BCUT2D eigenvalue weighted by atomic mass is 9.79. The molecule has 2 fully saturated rings. The lowest BCUT2D eigenvalue weighted by Gasteiger charge is -2.31. The zero-order chi connectivity index (χ0) is 21.3. The van der Waals surface area contributed by atoms with E-state index in [9.17, 15) is 40.0 Å². The number of ether oxygens (including phenoxy) is 3. The van der Waals surface area contributed by atoms with Gasteiger partial charge in [0.1, 0.15) is 12.7 Å². The number of esters is 2. The Labute approximate surface area is 156 Å². The number of rotatable bonds is 7. The van der Waals surface area contributed by atoms with Crippen LogP contribution in [-0.2, 0) is 33.9 Å². The maximum atomic E-state index is 13.6. The van der Waals surface area contributed by atoms with E-state index in [1.807, 2.05) is 0 Å². The fourth-order valence-electron chi connectivity index (χ4n) is 2.81. The van der Waals surface area contributed by atoms with Gasteiger partial charge in [-0.25, -0.2) is 0 Å². The van der Waals surface area contributed by atoms with Gasteiger partial charge in [0.15, 0.2) is 0 Å². The van der Waals surface area contributed by atoms with Gasteiger partial charge in [-0.05, 0) is 12.8 Å². The number of hydrogen-bond acceptors (Lipinski definition) is 7. The van der Waals surface area contributed by atoms with E-state index >= 15 is 0 Å². The largest absolute Gasteiger partial charge is 0.463 e. The number of halogens is 5. The SMILES string of the molecule is O=C(OCC1CO1)C1CCCCC1C(=O)OC(C(F)(F)F)C(F)(F)S(=O)(=O)O. The normalized spacial score (nSPS) is 27.0.